The first kappa shape index (κ1) is 20.7. The molecule has 2 aliphatic carbocycles. The minimum atomic E-state index is -3.27. The van der Waals surface area contributed by atoms with E-state index in [-0.39, 0.29) is 22.9 Å². The summed E-state index contributed by atoms with van der Waals surface area (Å²) in [4.78, 5) is 29.4. The Bertz CT molecular complexity index is 1040. The molecule has 1 aromatic heterocycles. The Morgan fingerprint density at radius 3 is 2.43 bits per heavy atom. The Morgan fingerprint density at radius 2 is 1.87 bits per heavy atom. The maximum atomic E-state index is 13.1. The van der Waals surface area contributed by atoms with Gasteiger partial charge < -0.3 is 5.32 Å². The van der Waals surface area contributed by atoms with Crippen molar-refractivity contribution in [3.8, 4) is 0 Å². The summed E-state index contributed by atoms with van der Waals surface area (Å²) in [6.07, 6.45) is 5.54. The zero-order valence-corrected chi connectivity index (χ0v) is 17.8. The van der Waals surface area contributed by atoms with Crippen LogP contribution in [-0.4, -0.2) is 30.3 Å². The summed E-state index contributed by atoms with van der Waals surface area (Å²) < 4.78 is 24.9. The van der Waals surface area contributed by atoms with Crippen molar-refractivity contribution in [3.63, 3.8) is 0 Å². The number of carbonyl (C=O) groups is 2. The Morgan fingerprint density at radius 1 is 1.13 bits per heavy atom. The number of aryl methyl sites for hydroxylation is 1. The Balaban J connectivity index is 1.56. The second kappa shape index (κ2) is 8.30. The minimum Gasteiger partial charge on any atom is -0.310 e. The van der Waals surface area contributed by atoms with Gasteiger partial charge >= 0.3 is 0 Å². The molecule has 1 heterocycles. The SMILES string of the molecule is Cc1ccc(NC(=O)C(CC2CCC(=O)C2)c2ccc(S(=O)(=O)C3CC3)cc2)nc1. The molecule has 0 radical (unpaired) electrons. The molecule has 6 nitrogen and oxygen atoms in total. The van der Waals surface area contributed by atoms with E-state index in [0.29, 0.717) is 42.8 Å². The third-order valence-corrected chi connectivity index (χ3v) is 8.25. The zero-order valence-electron chi connectivity index (χ0n) is 17.0. The number of ketones is 1. The molecule has 7 heteroatoms. The molecule has 158 valence electrons. The van der Waals surface area contributed by atoms with Crippen LogP contribution in [-0.2, 0) is 19.4 Å². The monoisotopic (exact) mass is 426 g/mol. The summed E-state index contributed by atoms with van der Waals surface area (Å²) in [5.41, 5.74) is 1.76. The van der Waals surface area contributed by atoms with Gasteiger partial charge in [-0.25, -0.2) is 13.4 Å². The molecule has 1 amide bonds. The number of anilines is 1. The maximum Gasteiger partial charge on any atom is 0.233 e. The van der Waals surface area contributed by atoms with E-state index in [9.17, 15) is 18.0 Å². The summed E-state index contributed by atoms with van der Waals surface area (Å²) in [7, 11) is -3.27. The summed E-state index contributed by atoms with van der Waals surface area (Å²) in [5.74, 6) is 0.218. The smallest absolute Gasteiger partial charge is 0.233 e. The molecule has 2 aliphatic rings. The van der Waals surface area contributed by atoms with Crippen LogP contribution < -0.4 is 5.32 Å². The van der Waals surface area contributed by atoms with Crippen molar-refractivity contribution in [3.05, 3.63) is 53.7 Å². The highest BCUT2D eigenvalue weighted by molar-refractivity contribution is 7.92. The number of sulfone groups is 1. The van der Waals surface area contributed by atoms with Gasteiger partial charge in [0.2, 0.25) is 5.91 Å². The van der Waals surface area contributed by atoms with Crippen molar-refractivity contribution in [2.75, 3.05) is 5.32 Å². The Hall–Kier alpha value is -2.54. The molecule has 2 unspecified atom stereocenters. The first-order chi connectivity index (χ1) is 14.3. The van der Waals surface area contributed by atoms with Crippen LogP contribution >= 0.6 is 0 Å². The van der Waals surface area contributed by atoms with Gasteiger partial charge in [0, 0.05) is 19.0 Å². The van der Waals surface area contributed by atoms with Crippen molar-refractivity contribution in [2.24, 2.45) is 5.92 Å². The second-order valence-electron chi connectivity index (χ2n) is 8.46. The number of rotatable bonds is 7. The van der Waals surface area contributed by atoms with Gasteiger partial charge in [-0.15, -0.1) is 0 Å². The fourth-order valence-electron chi connectivity index (χ4n) is 4.04. The van der Waals surface area contributed by atoms with Gasteiger partial charge in [0.25, 0.3) is 0 Å². The molecule has 0 saturated heterocycles. The molecule has 0 bridgehead atoms. The first-order valence-corrected chi connectivity index (χ1v) is 12.0. The van der Waals surface area contributed by atoms with Crippen LogP contribution in [0.25, 0.3) is 0 Å². The molecule has 2 saturated carbocycles. The number of nitrogens with zero attached hydrogens (tertiary/aromatic N) is 1. The van der Waals surface area contributed by atoms with Crippen LogP contribution in [0.15, 0.2) is 47.5 Å². The molecule has 2 fully saturated rings. The van der Waals surface area contributed by atoms with Gasteiger partial charge in [-0.3, -0.25) is 9.59 Å². The van der Waals surface area contributed by atoms with Crippen molar-refractivity contribution in [1.82, 2.24) is 4.98 Å². The van der Waals surface area contributed by atoms with E-state index in [1.165, 1.54) is 0 Å². The lowest BCUT2D eigenvalue weighted by Gasteiger charge is -2.20. The number of benzene rings is 1. The summed E-state index contributed by atoms with van der Waals surface area (Å²) in [6.45, 7) is 1.93. The van der Waals surface area contributed by atoms with Gasteiger partial charge in [-0.05, 0) is 67.9 Å². The number of Topliss-reactive ketones (excluding diaryl/α,β-unsaturated/α-hetero) is 1. The molecule has 4 rings (SSSR count). The van der Waals surface area contributed by atoms with Crippen molar-refractivity contribution >= 4 is 27.3 Å². The van der Waals surface area contributed by atoms with Gasteiger partial charge in [0.1, 0.15) is 11.6 Å². The van der Waals surface area contributed by atoms with Gasteiger partial charge in [-0.1, -0.05) is 18.2 Å². The van der Waals surface area contributed by atoms with E-state index in [0.717, 1.165) is 17.5 Å². The molecule has 1 N–H and O–H groups in total. The van der Waals surface area contributed by atoms with Gasteiger partial charge in [0.15, 0.2) is 9.84 Å². The van der Waals surface area contributed by atoms with Crippen LogP contribution in [0.1, 0.15) is 55.6 Å². The fraction of sp³-hybridized carbons (Fsp3) is 0.435. The minimum absolute atomic E-state index is 0.161. The summed E-state index contributed by atoms with van der Waals surface area (Å²) >= 11 is 0. The van der Waals surface area contributed by atoms with Crippen LogP contribution in [0.4, 0.5) is 5.82 Å². The third kappa shape index (κ3) is 4.61. The van der Waals surface area contributed by atoms with E-state index in [2.05, 4.69) is 10.3 Å². The van der Waals surface area contributed by atoms with Gasteiger partial charge in [-0.2, -0.15) is 0 Å². The summed E-state index contributed by atoms with van der Waals surface area (Å²) in [5, 5.41) is 2.61. The number of amides is 1. The van der Waals surface area contributed by atoms with Crippen molar-refractivity contribution in [1.29, 1.82) is 0 Å². The number of aromatic nitrogens is 1. The average Bonchev–Trinajstić information content (AvgIpc) is 3.51. The number of hydrogen-bond donors (Lipinski definition) is 1. The second-order valence-corrected chi connectivity index (χ2v) is 10.7. The first-order valence-electron chi connectivity index (χ1n) is 10.4. The molecule has 0 aliphatic heterocycles. The van der Waals surface area contributed by atoms with Crippen molar-refractivity contribution < 1.29 is 18.0 Å². The summed E-state index contributed by atoms with van der Waals surface area (Å²) in [6, 6.07) is 10.3. The highest BCUT2D eigenvalue weighted by Gasteiger charge is 2.37. The molecular weight excluding hydrogens is 400 g/mol. The molecule has 1 aromatic carbocycles. The van der Waals surface area contributed by atoms with Crippen LogP contribution in [0.2, 0.25) is 0 Å². The highest BCUT2D eigenvalue weighted by Crippen LogP contribution is 2.36. The number of carbonyl (C=O) groups excluding carboxylic acids is 2. The fourth-order valence-corrected chi connectivity index (χ4v) is 5.69. The lowest BCUT2D eigenvalue weighted by molar-refractivity contribution is -0.119. The molecule has 2 atom stereocenters. The predicted molar refractivity (Wildman–Crippen MR) is 114 cm³/mol. The third-order valence-electron chi connectivity index (χ3n) is 5.97. The molecule has 30 heavy (non-hydrogen) atoms. The van der Waals surface area contributed by atoms with Gasteiger partial charge in [0.05, 0.1) is 16.1 Å². The standard InChI is InChI=1S/C23H26N2O4S/c1-15-2-11-22(24-14-15)25-23(27)21(13-16-3-6-18(26)12-16)17-4-7-19(8-5-17)30(28,29)20-9-10-20/h2,4-5,7-8,11,14,16,20-21H,3,6,9-10,12-13H2,1H3,(H,24,25,27). The predicted octanol–water partition coefficient (Wildman–Crippen LogP) is 3.81. The number of hydrogen-bond acceptors (Lipinski definition) is 5. The number of pyridine rings is 1. The van der Waals surface area contributed by atoms with E-state index >= 15 is 0 Å². The quantitative estimate of drug-likeness (QED) is 0.727. The lowest BCUT2D eigenvalue weighted by atomic mass is 9.87. The van der Waals surface area contributed by atoms with Crippen LogP contribution in [0.5, 0.6) is 0 Å². The zero-order chi connectivity index (χ0) is 21.3. The molecule has 2 aromatic rings. The van der Waals surface area contributed by atoms with E-state index in [1.807, 2.05) is 13.0 Å². The highest BCUT2D eigenvalue weighted by atomic mass is 32.2. The van der Waals surface area contributed by atoms with E-state index in [1.54, 1.807) is 36.5 Å². The Labute approximate surface area is 177 Å². The average molecular weight is 427 g/mol. The maximum absolute atomic E-state index is 13.1. The normalized spacial score (nSPS) is 20.2. The topological polar surface area (TPSA) is 93.2 Å². The van der Waals surface area contributed by atoms with E-state index in [4.69, 9.17) is 0 Å². The molecular formula is C23H26N2O4S. The lowest BCUT2D eigenvalue weighted by Crippen LogP contribution is -2.24. The Kier molecular flexibility index (Phi) is 5.73. The van der Waals surface area contributed by atoms with Crippen LogP contribution in [0.3, 0.4) is 0 Å². The van der Waals surface area contributed by atoms with Crippen LogP contribution in [0, 0.1) is 12.8 Å². The van der Waals surface area contributed by atoms with Crippen molar-refractivity contribution in [2.45, 2.75) is 61.5 Å². The number of nitrogens with one attached hydrogen (secondary N) is 1. The van der Waals surface area contributed by atoms with E-state index < -0.39 is 15.8 Å². The molecule has 0 spiro atoms. The largest absolute Gasteiger partial charge is 0.310 e.